The summed E-state index contributed by atoms with van der Waals surface area (Å²) < 4.78 is 0. The number of piperidine rings is 1. The SMILES string of the molecule is O=C1CCC(NC2CCCc3cc(O)ccc32)C(=O)N1. The zero-order chi connectivity index (χ0) is 14.1. The molecule has 0 aromatic heterocycles. The van der Waals surface area contributed by atoms with Crippen LogP contribution in [-0.2, 0) is 16.0 Å². The van der Waals surface area contributed by atoms with Gasteiger partial charge in [0.25, 0.3) is 0 Å². The number of aromatic hydroxyl groups is 1. The summed E-state index contributed by atoms with van der Waals surface area (Å²) in [6, 6.07) is 5.21. The van der Waals surface area contributed by atoms with Crippen molar-refractivity contribution in [2.75, 3.05) is 0 Å². The maximum absolute atomic E-state index is 11.8. The molecule has 1 aliphatic heterocycles. The predicted molar refractivity (Wildman–Crippen MR) is 73.1 cm³/mol. The molecule has 3 N–H and O–H groups in total. The Morgan fingerprint density at radius 2 is 2.00 bits per heavy atom. The van der Waals surface area contributed by atoms with Gasteiger partial charge < -0.3 is 5.11 Å². The van der Waals surface area contributed by atoms with Crippen LogP contribution in [0.2, 0.25) is 0 Å². The number of aryl methyl sites for hydroxylation is 1. The van der Waals surface area contributed by atoms with Crippen molar-refractivity contribution in [1.82, 2.24) is 10.6 Å². The topological polar surface area (TPSA) is 78.4 Å². The number of nitrogens with one attached hydrogen (secondary N) is 2. The number of phenolic OH excluding ortho intramolecular Hbond substituents is 1. The van der Waals surface area contributed by atoms with Crippen molar-refractivity contribution in [3.05, 3.63) is 29.3 Å². The van der Waals surface area contributed by atoms with Crippen molar-refractivity contribution in [2.24, 2.45) is 0 Å². The molecule has 2 aliphatic rings. The Hall–Kier alpha value is -1.88. The molecule has 1 fully saturated rings. The summed E-state index contributed by atoms with van der Waals surface area (Å²) in [4.78, 5) is 23.0. The van der Waals surface area contributed by atoms with E-state index in [0.717, 1.165) is 30.4 Å². The number of hydrogen-bond donors (Lipinski definition) is 3. The monoisotopic (exact) mass is 274 g/mol. The number of benzene rings is 1. The van der Waals surface area contributed by atoms with Gasteiger partial charge in [-0.3, -0.25) is 20.2 Å². The van der Waals surface area contributed by atoms with Crippen LogP contribution < -0.4 is 10.6 Å². The highest BCUT2D eigenvalue weighted by atomic mass is 16.3. The van der Waals surface area contributed by atoms with E-state index in [9.17, 15) is 14.7 Å². The number of fused-ring (bicyclic) bond motifs is 1. The van der Waals surface area contributed by atoms with Crippen molar-refractivity contribution in [3.63, 3.8) is 0 Å². The van der Waals surface area contributed by atoms with Crippen LogP contribution in [0.4, 0.5) is 0 Å². The minimum Gasteiger partial charge on any atom is -0.508 e. The molecule has 5 heteroatoms. The molecular formula is C15H18N2O3. The number of phenols is 1. The smallest absolute Gasteiger partial charge is 0.243 e. The third kappa shape index (κ3) is 2.54. The van der Waals surface area contributed by atoms with Crippen LogP contribution in [-0.4, -0.2) is 23.0 Å². The third-order valence-electron chi connectivity index (χ3n) is 4.08. The molecule has 0 bridgehead atoms. The molecule has 2 amide bonds. The normalized spacial score (nSPS) is 26.0. The molecule has 1 aliphatic carbocycles. The second-order valence-corrected chi connectivity index (χ2v) is 5.50. The third-order valence-corrected chi connectivity index (χ3v) is 4.08. The van der Waals surface area contributed by atoms with Gasteiger partial charge in [0.15, 0.2) is 0 Å². The summed E-state index contributed by atoms with van der Waals surface area (Å²) >= 11 is 0. The van der Waals surface area contributed by atoms with Crippen molar-refractivity contribution < 1.29 is 14.7 Å². The Labute approximate surface area is 117 Å². The van der Waals surface area contributed by atoms with Crippen LogP contribution in [0.1, 0.15) is 42.9 Å². The Morgan fingerprint density at radius 1 is 1.15 bits per heavy atom. The Morgan fingerprint density at radius 3 is 2.80 bits per heavy atom. The van der Waals surface area contributed by atoms with E-state index in [1.165, 1.54) is 0 Å². The predicted octanol–water partition coefficient (Wildman–Crippen LogP) is 1.16. The van der Waals surface area contributed by atoms with Gasteiger partial charge in [-0.25, -0.2) is 0 Å². The quantitative estimate of drug-likeness (QED) is 0.707. The summed E-state index contributed by atoms with van der Waals surface area (Å²) in [6.45, 7) is 0. The minimum absolute atomic E-state index is 0.114. The summed E-state index contributed by atoms with van der Waals surface area (Å²) in [5, 5.41) is 15.3. The van der Waals surface area contributed by atoms with Gasteiger partial charge in [0.1, 0.15) is 5.75 Å². The van der Waals surface area contributed by atoms with Gasteiger partial charge in [0, 0.05) is 12.5 Å². The molecule has 0 saturated carbocycles. The zero-order valence-electron chi connectivity index (χ0n) is 11.2. The van der Waals surface area contributed by atoms with Crippen molar-refractivity contribution >= 4 is 11.8 Å². The van der Waals surface area contributed by atoms with Crippen LogP contribution in [0.5, 0.6) is 5.75 Å². The van der Waals surface area contributed by atoms with E-state index < -0.39 is 0 Å². The molecule has 20 heavy (non-hydrogen) atoms. The average molecular weight is 274 g/mol. The van der Waals surface area contributed by atoms with Gasteiger partial charge >= 0.3 is 0 Å². The number of rotatable bonds is 2. The largest absolute Gasteiger partial charge is 0.508 e. The molecule has 2 unspecified atom stereocenters. The lowest BCUT2D eigenvalue weighted by molar-refractivity contribution is -0.134. The molecule has 1 aromatic rings. The fourth-order valence-electron chi connectivity index (χ4n) is 3.07. The van der Waals surface area contributed by atoms with Crippen LogP contribution in [0.25, 0.3) is 0 Å². The van der Waals surface area contributed by atoms with Crippen molar-refractivity contribution in [2.45, 2.75) is 44.2 Å². The highest BCUT2D eigenvalue weighted by Gasteiger charge is 2.30. The summed E-state index contributed by atoms with van der Waals surface area (Å²) in [6.07, 6.45) is 3.89. The zero-order valence-corrected chi connectivity index (χ0v) is 11.2. The van der Waals surface area contributed by atoms with Crippen LogP contribution >= 0.6 is 0 Å². The van der Waals surface area contributed by atoms with Crippen LogP contribution in [0.3, 0.4) is 0 Å². The average Bonchev–Trinajstić information content (AvgIpc) is 2.41. The van der Waals surface area contributed by atoms with Gasteiger partial charge in [0.2, 0.25) is 11.8 Å². The highest BCUT2D eigenvalue weighted by Crippen LogP contribution is 2.32. The van der Waals surface area contributed by atoms with E-state index >= 15 is 0 Å². The van der Waals surface area contributed by atoms with E-state index in [2.05, 4.69) is 10.6 Å². The van der Waals surface area contributed by atoms with Gasteiger partial charge in [-0.2, -0.15) is 0 Å². The Kier molecular flexibility index (Phi) is 3.44. The van der Waals surface area contributed by atoms with Gasteiger partial charge in [-0.05, 0) is 48.9 Å². The second-order valence-electron chi connectivity index (χ2n) is 5.50. The van der Waals surface area contributed by atoms with Crippen LogP contribution in [0.15, 0.2) is 18.2 Å². The first-order chi connectivity index (χ1) is 9.63. The fourth-order valence-corrected chi connectivity index (χ4v) is 3.07. The molecule has 1 aromatic carbocycles. The first kappa shape index (κ1) is 13.1. The lowest BCUT2D eigenvalue weighted by Crippen LogP contribution is -2.51. The van der Waals surface area contributed by atoms with Crippen molar-refractivity contribution in [3.8, 4) is 5.75 Å². The Balaban J connectivity index is 1.76. The second kappa shape index (κ2) is 5.25. The lowest BCUT2D eigenvalue weighted by Gasteiger charge is -2.31. The van der Waals surface area contributed by atoms with Gasteiger partial charge in [-0.1, -0.05) is 6.07 Å². The van der Waals surface area contributed by atoms with E-state index in [0.29, 0.717) is 12.8 Å². The van der Waals surface area contributed by atoms with Crippen LogP contribution in [0, 0.1) is 0 Å². The molecule has 106 valence electrons. The molecule has 3 rings (SSSR count). The van der Waals surface area contributed by atoms with Gasteiger partial charge in [-0.15, -0.1) is 0 Å². The fraction of sp³-hybridized carbons (Fsp3) is 0.467. The Bertz CT molecular complexity index is 556. The first-order valence-electron chi connectivity index (χ1n) is 7.05. The highest BCUT2D eigenvalue weighted by molar-refractivity contribution is 6.00. The maximum atomic E-state index is 11.8. The molecule has 0 radical (unpaired) electrons. The first-order valence-corrected chi connectivity index (χ1v) is 7.05. The standard InChI is InChI=1S/C15H18N2O3/c18-10-4-5-11-9(8-10)2-1-3-12(11)16-13-6-7-14(19)17-15(13)20/h4-5,8,12-13,16,18H,1-3,6-7H2,(H,17,19,20). The van der Waals surface area contributed by atoms with Crippen molar-refractivity contribution in [1.29, 1.82) is 0 Å². The molecule has 1 saturated heterocycles. The molecule has 5 nitrogen and oxygen atoms in total. The van der Waals surface area contributed by atoms with E-state index in [-0.39, 0.29) is 29.6 Å². The number of carbonyl (C=O) groups is 2. The number of imide groups is 1. The summed E-state index contributed by atoms with van der Waals surface area (Å²) in [5.41, 5.74) is 2.29. The molecular weight excluding hydrogens is 256 g/mol. The maximum Gasteiger partial charge on any atom is 0.243 e. The summed E-state index contributed by atoms with van der Waals surface area (Å²) in [5.74, 6) is -0.139. The molecule has 0 spiro atoms. The molecule has 1 heterocycles. The minimum atomic E-state index is -0.308. The number of amides is 2. The van der Waals surface area contributed by atoms with E-state index in [1.54, 1.807) is 12.1 Å². The number of carbonyl (C=O) groups excluding carboxylic acids is 2. The number of hydrogen-bond acceptors (Lipinski definition) is 4. The summed E-state index contributed by atoms with van der Waals surface area (Å²) in [7, 11) is 0. The molecule has 2 atom stereocenters. The van der Waals surface area contributed by atoms with Gasteiger partial charge in [0.05, 0.1) is 6.04 Å². The lowest BCUT2D eigenvalue weighted by atomic mass is 9.86. The van der Waals surface area contributed by atoms with E-state index in [4.69, 9.17) is 0 Å². The van der Waals surface area contributed by atoms with E-state index in [1.807, 2.05) is 6.07 Å².